The fourth-order valence-electron chi connectivity index (χ4n) is 3.74. The molecule has 0 aliphatic heterocycles. The van der Waals surface area contributed by atoms with E-state index in [9.17, 15) is 14.3 Å². The van der Waals surface area contributed by atoms with Crippen molar-refractivity contribution >= 4 is 5.97 Å². The van der Waals surface area contributed by atoms with E-state index < -0.39 is 12.0 Å². The molecule has 25 heavy (non-hydrogen) atoms. The number of benzene rings is 1. The van der Waals surface area contributed by atoms with Gasteiger partial charge in [-0.15, -0.1) is 0 Å². The van der Waals surface area contributed by atoms with Gasteiger partial charge in [0, 0.05) is 18.3 Å². The predicted molar refractivity (Wildman–Crippen MR) is 91.2 cm³/mol. The zero-order valence-corrected chi connectivity index (χ0v) is 14.3. The van der Waals surface area contributed by atoms with Crippen LogP contribution in [0.5, 0.6) is 0 Å². The summed E-state index contributed by atoms with van der Waals surface area (Å²) in [6.45, 7) is 2.31. The number of carboxylic acids is 1. The minimum Gasteiger partial charge on any atom is -0.480 e. The molecule has 0 radical (unpaired) electrons. The lowest BCUT2D eigenvalue weighted by atomic mass is 10.1. The van der Waals surface area contributed by atoms with E-state index in [-0.39, 0.29) is 5.82 Å². The van der Waals surface area contributed by atoms with Crippen LogP contribution in [0.2, 0.25) is 0 Å². The molecule has 1 aromatic heterocycles. The van der Waals surface area contributed by atoms with Gasteiger partial charge in [0.15, 0.2) is 0 Å². The molecule has 5 nitrogen and oxygen atoms in total. The van der Waals surface area contributed by atoms with Crippen molar-refractivity contribution in [1.29, 1.82) is 0 Å². The van der Waals surface area contributed by atoms with Crippen LogP contribution < -0.4 is 0 Å². The Morgan fingerprint density at radius 2 is 2.08 bits per heavy atom. The lowest BCUT2D eigenvalue weighted by Gasteiger charge is -2.25. The van der Waals surface area contributed by atoms with Crippen molar-refractivity contribution in [2.75, 3.05) is 0 Å². The van der Waals surface area contributed by atoms with Crippen molar-refractivity contribution in [3.63, 3.8) is 0 Å². The second kappa shape index (κ2) is 6.26. The Balaban J connectivity index is 1.67. The summed E-state index contributed by atoms with van der Waals surface area (Å²) in [6, 6.07) is 6.20. The van der Waals surface area contributed by atoms with Crippen LogP contribution in [0.4, 0.5) is 4.39 Å². The van der Waals surface area contributed by atoms with Gasteiger partial charge in [0.1, 0.15) is 11.9 Å². The number of hydrogen-bond acceptors (Lipinski definition) is 3. The SMILES string of the molecule is CC(C(=O)O)N(Cc1nn(-c2ccc(F)cc2)c2c1CCC2)C1CC1. The minimum absolute atomic E-state index is 0.261. The number of aliphatic carboxylic acids is 1. The molecule has 0 saturated heterocycles. The maximum Gasteiger partial charge on any atom is 0.320 e. The molecule has 2 aromatic rings. The fourth-order valence-corrected chi connectivity index (χ4v) is 3.74. The minimum atomic E-state index is -0.790. The second-order valence-corrected chi connectivity index (χ2v) is 7.03. The van der Waals surface area contributed by atoms with E-state index >= 15 is 0 Å². The topological polar surface area (TPSA) is 58.4 Å². The van der Waals surface area contributed by atoms with Gasteiger partial charge in [0.05, 0.1) is 11.4 Å². The molecule has 1 N–H and O–H groups in total. The summed E-state index contributed by atoms with van der Waals surface area (Å²) in [5, 5.41) is 14.2. The molecule has 0 bridgehead atoms. The molecule has 2 aliphatic rings. The molecule has 1 atom stereocenters. The Kier molecular flexibility index (Phi) is 4.07. The van der Waals surface area contributed by atoms with E-state index in [0.29, 0.717) is 12.6 Å². The first kappa shape index (κ1) is 16.3. The van der Waals surface area contributed by atoms with E-state index in [1.54, 1.807) is 19.1 Å². The van der Waals surface area contributed by atoms with Gasteiger partial charge in [-0.05, 0) is 68.9 Å². The fraction of sp³-hybridized carbons (Fsp3) is 0.474. The number of fused-ring (bicyclic) bond motifs is 1. The van der Waals surface area contributed by atoms with Crippen LogP contribution in [0.3, 0.4) is 0 Å². The predicted octanol–water partition coefficient (Wildman–Crippen LogP) is 2.94. The number of hydrogen-bond donors (Lipinski definition) is 1. The standard InChI is InChI=1S/C19H22FN3O2/c1-12(19(24)25)22(14-9-10-14)11-17-16-3-2-4-18(16)23(21-17)15-7-5-13(20)6-8-15/h5-8,12,14H,2-4,9-11H2,1H3,(H,24,25). The van der Waals surface area contributed by atoms with E-state index in [0.717, 1.165) is 43.5 Å². The van der Waals surface area contributed by atoms with Gasteiger partial charge in [0.2, 0.25) is 0 Å². The average Bonchev–Trinajstić information content (AvgIpc) is 3.21. The summed E-state index contributed by atoms with van der Waals surface area (Å²) in [6.07, 6.45) is 5.12. The molecular formula is C19H22FN3O2. The Morgan fingerprint density at radius 3 is 2.72 bits per heavy atom. The number of aromatic nitrogens is 2. The average molecular weight is 343 g/mol. The van der Waals surface area contributed by atoms with Crippen LogP contribution in [-0.2, 0) is 24.2 Å². The number of carboxylic acid groups (broad SMARTS) is 1. The van der Waals surface area contributed by atoms with Gasteiger partial charge in [-0.2, -0.15) is 5.10 Å². The molecule has 1 unspecified atom stereocenters. The number of carbonyl (C=O) groups is 1. The summed E-state index contributed by atoms with van der Waals surface area (Å²) in [5.41, 5.74) is 4.25. The van der Waals surface area contributed by atoms with E-state index in [1.807, 2.05) is 4.68 Å². The van der Waals surface area contributed by atoms with E-state index in [4.69, 9.17) is 5.10 Å². The number of rotatable bonds is 6. The zero-order valence-electron chi connectivity index (χ0n) is 14.3. The lowest BCUT2D eigenvalue weighted by Crippen LogP contribution is -2.40. The Labute approximate surface area is 146 Å². The number of nitrogens with zero attached hydrogens (tertiary/aromatic N) is 3. The molecule has 1 aromatic carbocycles. The first-order valence-electron chi connectivity index (χ1n) is 8.88. The maximum absolute atomic E-state index is 13.2. The monoisotopic (exact) mass is 343 g/mol. The van der Waals surface area contributed by atoms with Crippen molar-refractivity contribution < 1.29 is 14.3 Å². The summed E-state index contributed by atoms with van der Waals surface area (Å²) < 4.78 is 15.1. The van der Waals surface area contributed by atoms with Crippen LogP contribution in [0.1, 0.15) is 43.1 Å². The molecule has 1 heterocycles. The van der Waals surface area contributed by atoms with Gasteiger partial charge >= 0.3 is 5.97 Å². The third kappa shape index (κ3) is 3.06. The lowest BCUT2D eigenvalue weighted by molar-refractivity contribution is -0.143. The third-order valence-electron chi connectivity index (χ3n) is 5.29. The summed E-state index contributed by atoms with van der Waals surface area (Å²) in [7, 11) is 0. The summed E-state index contributed by atoms with van der Waals surface area (Å²) >= 11 is 0. The number of halogens is 1. The van der Waals surface area contributed by atoms with Crippen molar-refractivity contribution in [2.24, 2.45) is 0 Å². The van der Waals surface area contributed by atoms with Crippen molar-refractivity contribution in [3.05, 3.63) is 47.0 Å². The van der Waals surface area contributed by atoms with E-state index in [1.165, 1.54) is 23.4 Å². The maximum atomic E-state index is 13.2. The van der Waals surface area contributed by atoms with Gasteiger partial charge in [-0.25, -0.2) is 9.07 Å². The molecule has 0 spiro atoms. The Morgan fingerprint density at radius 1 is 1.36 bits per heavy atom. The molecule has 6 heteroatoms. The molecular weight excluding hydrogens is 321 g/mol. The first-order valence-corrected chi connectivity index (χ1v) is 8.88. The van der Waals surface area contributed by atoms with Crippen molar-refractivity contribution in [1.82, 2.24) is 14.7 Å². The van der Waals surface area contributed by atoms with Gasteiger partial charge in [-0.1, -0.05) is 0 Å². The molecule has 4 rings (SSSR count). The highest BCUT2D eigenvalue weighted by Gasteiger charge is 2.36. The van der Waals surface area contributed by atoms with Crippen molar-refractivity contribution in [2.45, 2.75) is 57.7 Å². The Bertz CT molecular complexity index is 796. The van der Waals surface area contributed by atoms with Crippen LogP contribution in [0, 0.1) is 5.82 Å². The second-order valence-electron chi connectivity index (χ2n) is 7.03. The molecule has 0 amide bonds. The van der Waals surface area contributed by atoms with Gasteiger partial charge < -0.3 is 5.11 Å². The smallest absolute Gasteiger partial charge is 0.320 e. The summed E-state index contributed by atoms with van der Waals surface area (Å²) in [5.74, 6) is -1.05. The third-order valence-corrected chi connectivity index (χ3v) is 5.29. The quantitative estimate of drug-likeness (QED) is 0.876. The van der Waals surface area contributed by atoms with Gasteiger partial charge in [0.25, 0.3) is 0 Å². The Hall–Kier alpha value is -2.21. The molecule has 2 aliphatic carbocycles. The largest absolute Gasteiger partial charge is 0.480 e. The van der Waals surface area contributed by atoms with Crippen LogP contribution in [0.15, 0.2) is 24.3 Å². The molecule has 132 valence electrons. The normalized spacial score (nSPS) is 17.7. The van der Waals surface area contributed by atoms with Crippen LogP contribution in [0.25, 0.3) is 5.69 Å². The summed E-state index contributed by atoms with van der Waals surface area (Å²) in [4.78, 5) is 13.5. The highest BCUT2D eigenvalue weighted by Crippen LogP contribution is 2.33. The molecule has 1 fully saturated rings. The molecule has 1 saturated carbocycles. The zero-order chi connectivity index (χ0) is 17.6. The highest BCUT2D eigenvalue weighted by atomic mass is 19.1. The first-order chi connectivity index (χ1) is 12.0. The van der Waals surface area contributed by atoms with Crippen LogP contribution >= 0.6 is 0 Å². The van der Waals surface area contributed by atoms with E-state index in [2.05, 4.69) is 4.90 Å². The van der Waals surface area contributed by atoms with Crippen molar-refractivity contribution in [3.8, 4) is 5.69 Å². The highest BCUT2D eigenvalue weighted by molar-refractivity contribution is 5.73. The van der Waals surface area contributed by atoms with Crippen LogP contribution in [-0.4, -0.2) is 37.8 Å². The van der Waals surface area contributed by atoms with Gasteiger partial charge in [-0.3, -0.25) is 9.69 Å².